The topological polar surface area (TPSA) is 46.2 Å². The molecule has 0 fully saturated rings. The van der Waals surface area contributed by atoms with Gasteiger partial charge in [0, 0.05) is 0 Å². The van der Waals surface area contributed by atoms with Crippen molar-refractivity contribution in [2.75, 3.05) is 6.54 Å². The summed E-state index contributed by atoms with van der Waals surface area (Å²) in [4.78, 5) is 0. The lowest BCUT2D eigenvalue weighted by Gasteiger charge is -2.07. The maximum Gasteiger partial charge on any atom is 0.121 e. The van der Waals surface area contributed by atoms with Gasteiger partial charge in [0.15, 0.2) is 0 Å². The third-order valence-electron chi connectivity index (χ3n) is 2.47. The van der Waals surface area contributed by atoms with Crippen LogP contribution in [0.1, 0.15) is 29.5 Å². The van der Waals surface area contributed by atoms with Gasteiger partial charge in [-0.1, -0.05) is 12.1 Å². The monoisotopic (exact) mass is 193 g/mol. The van der Waals surface area contributed by atoms with Crippen molar-refractivity contribution in [2.45, 2.75) is 33.1 Å². The van der Waals surface area contributed by atoms with Gasteiger partial charge in [0.1, 0.15) is 5.75 Å². The number of hydrogen-bond donors (Lipinski definition) is 2. The van der Waals surface area contributed by atoms with Crippen LogP contribution in [0.15, 0.2) is 12.1 Å². The molecule has 0 amide bonds. The summed E-state index contributed by atoms with van der Waals surface area (Å²) < 4.78 is 0. The van der Waals surface area contributed by atoms with E-state index in [-0.39, 0.29) is 0 Å². The van der Waals surface area contributed by atoms with E-state index in [9.17, 15) is 5.11 Å². The van der Waals surface area contributed by atoms with E-state index in [0.29, 0.717) is 5.75 Å². The Hall–Kier alpha value is -1.02. The molecule has 0 aromatic heterocycles. The zero-order valence-electron chi connectivity index (χ0n) is 9.01. The summed E-state index contributed by atoms with van der Waals surface area (Å²) in [5, 5.41) is 9.58. The molecule has 0 aliphatic heterocycles. The lowest BCUT2D eigenvalue weighted by molar-refractivity contribution is 0.466. The summed E-state index contributed by atoms with van der Waals surface area (Å²) in [6, 6.07) is 4.11. The molecule has 0 saturated carbocycles. The van der Waals surface area contributed by atoms with Gasteiger partial charge in [-0.05, 0) is 56.3 Å². The summed E-state index contributed by atoms with van der Waals surface area (Å²) >= 11 is 0. The second-order valence-corrected chi connectivity index (χ2v) is 3.82. The Balaban J connectivity index is 2.69. The Morgan fingerprint density at radius 3 is 2.21 bits per heavy atom. The first-order valence-corrected chi connectivity index (χ1v) is 5.14. The van der Waals surface area contributed by atoms with E-state index in [2.05, 4.69) is 12.1 Å². The number of phenols is 1. The van der Waals surface area contributed by atoms with Crippen LogP contribution < -0.4 is 5.73 Å². The van der Waals surface area contributed by atoms with Crippen LogP contribution in [0.5, 0.6) is 5.75 Å². The summed E-state index contributed by atoms with van der Waals surface area (Å²) in [6.45, 7) is 4.64. The van der Waals surface area contributed by atoms with E-state index in [0.717, 1.165) is 36.9 Å². The Kier molecular flexibility index (Phi) is 3.96. The molecular weight excluding hydrogens is 174 g/mol. The Morgan fingerprint density at radius 1 is 1.14 bits per heavy atom. The molecule has 1 aromatic carbocycles. The van der Waals surface area contributed by atoms with Gasteiger partial charge in [-0.3, -0.25) is 0 Å². The fourth-order valence-electron chi connectivity index (χ4n) is 1.66. The van der Waals surface area contributed by atoms with Gasteiger partial charge < -0.3 is 10.8 Å². The summed E-state index contributed by atoms with van der Waals surface area (Å²) in [6.07, 6.45) is 3.25. The van der Waals surface area contributed by atoms with Crippen LogP contribution in [0.25, 0.3) is 0 Å². The molecule has 1 rings (SSSR count). The van der Waals surface area contributed by atoms with Crippen LogP contribution in [-0.2, 0) is 6.42 Å². The molecule has 0 saturated heterocycles. The third kappa shape index (κ3) is 2.74. The minimum atomic E-state index is 0.424. The number of nitrogens with two attached hydrogens (primary N) is 1. The summed E-state index contributed by atoms with van der Waals surface area (Å²) in [7, 11) is 0. The fourth-order valence-corrected chi connectivity index (χ4v) is 1.66. The average molecular weight is 193 g/mol. The van der Waals surface area contributed by atoms with E-state index in [1.165, 1.54) is 5.56 Å². The van der Waals surface area contributed by atoms with Crippen molar-refractivity contribution < 1.29 is 5.11 Å². The molecule has 0 heterocycles. The predicted molar refractivity (Wildman–Crippen MR) is 59.6 cm³/mol. The van der Waals surface area contributed by atoms with E-state index in [1.54, 1.807) is 0 Å². The lowest BCUT2D eigenvalue weighted by Crippen LogP contribution is -1.99. The van der Waals surface area contributed by atoms with Crippen LogP contribution >= 0.6 is 0 Å². The highest BCUT2D eigenvalue weighted by atomic mass is 16.3. The first-order valence-electron chi connectivity index (χ1n) is 5.14. The van der Waals surface area contributed by atoms with Crippen molar-refractivity contribution >= 4 is 0 Å². The number of aryl methyl sites for hydroxylation is 3. The van der Waals surface area contributed by atoms with Gasteiger partial charge in [-0.15, -0.1) is 0 Å². The number of rotatable bonds is 4. The number of benzene rings is 1. The van der Waals surface area contributed by atoms with Crippen molar-refractivity contribution in [1.82, 2.24) is 0 Å². The maximum atomic E-state index is 9.58. The molecule has 0 radical (unpaired) electrons. The quantitative estimate of drug-likeness (QED) is 0.721. The predicted octanol–water partition coefficient (Wildman–Crippen LogP) is 2.29. The van der Waals surface area contributed by atoms with E-state index >= 15 is 0 Å². The highest BCUT2D eigenvalue weighted by Crippen LogP contribution is 2.23. The van der Waals surface area contributed by atoms with Crippen LogP contribution in [0.3, 0.4) is 0 Å². The number of aromatic hydroxyl groups is 1. The number of hydrogen-bond acceptors (Lipinski definition) is 2. The van der Waals surface area contributed by atoms with Crippen molar-refractivity contribution in [1.29, 1.82) is 0 Å². The molecule has 0 unspecified atom stereocenters. The van der Waals surface area contributed by atoms with E-state index in [4.69, 9.17) is 5.73 Å². The average Bonchev–Trinajstić information content (AvgIpc) is 2.14. The van der Waals surface area contributed by atoms with E-state index in [1.807, 2.05) is 13.8 Å². The molecule has 0 aliphatic rings. The highest BCUT2D eigenvalue weighted by molar-refractivity contribution is 5.42. The molecule has 3 N–H and O–H groups in total. The number of phenolic OH excluding ortho intramolecular Hbond substituents is 1. The molecule has 0 aliphatic carbocycles. The molecule has 0 bridgehead atoms. The van der Waals surface area contributed by atoms with Gasteiger partial charge in [0.05, 0.1) is 0 Å². The minimum absolute atomic E-state index is 0.424. The first-order chi connectivity index (χ1) is 6.65. The second-order valence-electron chi connectivity index (χ2n) is 3.82. The van der Waals surface area contributed by atoms with Crippen molar-refractivity contribution in [3.8, 4) is 5.75 Å². The summed E-state index contributed by atoms with van der Waals surface area (Å²) in [5.41, 5.74) is 8.67. The lowest BCUT2D eigenvalue weighted by atomic mass is 10.0. The van der Waals surface area contributed by atoms with Crippen LogP contribution in [-0.4, -0.2) is 11.7 Å². The van der Waals surface area contributed by atoms with Crippen LogP contribution in [0, 0.1) is 13.8 Å². The molecule has 78 valence electrons. The molecule has 14 heavy (non-hydrogen) atoms. The first kappa shape index (κ1) is 11.1. The van der Waals surface area contributed by atoms with Crippen LogP contribution in [0.2, 0.25) is 0 Å². The normalized spacial score (nSPS) is 10.5. The second kappa shape index (κ2) is 5.01. The molecule has 0 spiro atoms. The van der Waals surface area contributed by atoms with Gasteiger partial charge in [-0.2, -0.15) is 0 Å². The molecule has 2 nitrogen and oxygen atoms in total. The van der Waals surface area contributed by atoms with Gasteiger partial charge in [0.2, 0.25) is 0 Å². The largest absolute Gasteiger partial charge is 0.507 e. The molecule has 1 aromatic rings. The standard InChI is InChI=1S/C12H19NO/c1-9-7-11(5-3-4-6-13)8-10(2)12(9)14/h7-8,14H,3-6,13H2,1-2H3. The zero-order chi connectivity index (χ0) is 10.6. The van der Waals surface area contributed by atoms with Crippen molar-refractivity contribution in [3.05, 3.63) is 28.8 Å². The van der Waals surface area contributed by atoms with Crippen LogP contribution in [0.4, 0.5) is 0 Å². The minimum Gasteiger partial charge on any atom is -0.507 e. The van der Waals surface area contributed by atoms with Gasteiger partial charge >= 0.3 is 0 Å². The van der Waals surface area contributed by atoms with Crippen molar-refractivity contribution in [3.63, 3.8) is 0 Å². The SMILES string of the molecule is Cc1cc(CCCCN)cc(C)c1O. The maximum absolute atomic E-state index is 9.58. The number of unbranched alkanes of at least 4 members (excludes halogenated alkanes) is 1. The molecule has 2 heteroatoms. The Morgan fingerprint density at radius 2 is 1.71 bits per heavy atom. The smallest absolute Gasteiger partial charge is 0.121 e. The fraction of sp³-hybridized carbons (Fsp3) is 0.500. The van der Waals surface area contributed by atoms with Gasteiger partial charge in [0.25, 0.3) is 0 Å². The van der Waals surface area contributed by atoms with E-state index < -0.39 is 0 Å². The Labute approximate surface area is 85.8 Å². The third-order valence-corrected chi connectivity index (χ3v) is 2.47. The Bertz CT molecular complexity index is 284. The summed E-state index contributed by atoms with van der Waals surface area (Å²) in [5.74, 6) is 0.424. The van der Waals surface area contributed by atoms with Crippen molar-refractivity contribution in [2.24, 2.45) is 5.73 Å². The molecular formula is C12H19NO. The molecule has 0 atom stereocenters. The zero-order valence-corrected chi connectivity index (χ0v) is 9.01. The van der Waals surface area contributed by atoms with Gasteiger partial charge in [-0.25, -0.2) is 0 Å². The highest BCUT2D eigenvalue weighted by Gasteiger charge is 2.02.